The fourth-order valence-electron chi connectivity index (χ4n) is 2.81. The van der Waals surface area contributed by atoms with Gasteiger partial charge in [0.15, 0.2) is 0 Å². The molecule has 0 fully saturated rings. The van der Waals surface area contributed by atoms with E-state index >= 15 is 0 Å². The third-order valence-electron chi connectivity index (χ3n) is 4.13. The average molecular weight is 346 g/mol. The van der Waals surface area contributed by atoms with Gasteiger partial charge in [0.05, 0.1) is 19.3 Å². The van der Waals surface area contributed by atoms with Crippen LogP contribution in [0.5, 0.6) is 5.88 Å². The van der Waals surface area contributed by atoms with Crippen molar-refractivity contribution in [3.05, 3.63) is 39.9 Å². The van der Waals surface area contributed by atoms with Gasteiger partial charge in [-0.2, -0.15) is 0 Å². The zero-order valence-electron chi connectivity index (χ0n) is 15.7. The monoisotopic (exact) mass is 346 g/mol. The summed E-state index contributed by atoms with van der Waals surface area (Å²) in [6.07, 6.45) is 0.670. The molecule has 0 spiro atoms. The van der Waals surface area contributed by atoms with Crippen molar-refractivity contribution in [2.24, 2.45) is 0 Å². The van der Waals surface area contributed by atoms with Crippen LogP contribution in [0.1, 0.15) is 40.8 Å². The minimum Gasteiger partial charge on any atom is -0.481 e. The topological polar surface area (TPSA) is 89.3 Å². The summed E-state index contributed by atoms with van der Waals surface area (Å²) < 4.78 is 10.5. The van der Waals surface area contributed by atoms with E-state index in [0.717, 1.165) is 33.8 Å². The van der Waals surface area contributed by atoms with E-state index in [9.17, 15) is 4.79 Å². The van der Waals surface area contributed by atoms with Gasteiger partial charge >= 0.3 is 6.03 Å². The fraction of sp³-hybridized carbons (Fsp3) is 0.500. The molecule has 0 saturated heterocycles. The van der Waals surface area contributed by atoms with Crippen molar-refractivity contribution >= 4 is 6.03 Å². The molecule has 136 valence electrons. The van der Waals surface area contributed by atoms with Crippen molar-refractivity contribution in [3.8, 4) is 5.88 Å². The molecule has 7 heteroatoms. The molecule has 2 rings (SSSR count). The molecular weight excluding hydrogens is 320 g/mol. The van der Waals surface area contributed by atoms with Gasteiger partial charge in [-0.15, -0.1) is 0 Å². The van der Waals surface area contributed by atoms with Crippen LogP contribution in [0.2, 0.25) is 0 Å². The van der Waals surface area contributed by atoms with E-state index in [4.69, 9.17) is 9.26 Å². The number of rotatable bonds is 6. The van der Waals surface area contributed by atoms with Crippen LogP contribution < -0.4 is 15.4 Å². The Morgan fingerprint density at radius 2 is 2.00 bits per heavy atom. The van der Waals surface area contributed by atoms with Crippen LogP contribution in [0.4, 0.5) is 4.79 Å². The Hall–Kier alpha value is -2.57. The molecule has 0 aliphatic rings. The highest BCUT2D eigenvalue weighted by molar-refractivity contribution is 5.74. The van der Waals surface area contributed by atoms with E-state index in [-0.39, 0.29) is 12.1 Å². The number of urea groups is 1. The molecule has 2 N–H and O–H groups in total. The standard InChI is InChI=1S/C18H26N4O3/c1-10-7-11(2)20-17(24-6)16(10)9-19-18(23)21-12(3)8-15-13(4)22-25-14(15)5/h7,12H,8-9H2,1-6H3,(H2,19,21,23)/t12-/m0/s1. The predicted octanol–water partition coefficient (Wildman–Crippen LogP) is 2.74. The number of hydrogen-bond acceptors (Lipinski definition) is 5. The van der Waals surface area contributed by atoms with Gasteiger partial charge in [0.2, 0.25) is 5.88 Å². The Kier molecular flexibility index (Phi) is 6.01. The number of ether oxygens (including phenoxy) is 1. The second kappa shape index (κ2) is 8.00. The number of carbonyl (C=O) groups is 1. The molecule has 1 atom stereocenters. The summed E-state index contributed by atoms with van der Waals surface area (Å²) in [6, 6.07) is 1.69. The van der Waals surface area contributed by atoms with E-state index in [0.29, 0.717) is 18.8 Å². The zero-order chi connectivity index (χ0) is 18.6. The maximum Gasteiger partial charge on any atom is 0.315 e. The van der Waals surface area contributed by atoms with Crippen molar-refractivity contribution in [2.75, 3.05) is 7.11 Å². The summed E-state index contributed by atoms with van der Waals surface area (Å²) in [7, 11) is 1.58. The summed E-state index contributed by atoms with van der Waals surface area (Å²) in [4.78, 5) is 16.5. The van der Waals surface area contributed by atoms with Gasteiger partial charge in [0.25, 0.3) is 0 Å². The summed E-state index contributed by atoms with van der Waals surface area (Å²) >= 11 is 0. The normalized spacial score (nSPS) is 11.9. The van der Waals surface area contributed by atoms with E-state index in [1.807, 2.05) is 40.7 Å². The summed E-state index contributed by atoms with van der Waals surface area (Å²) in [5.41, 5.74) is 4.69. The van der Waals surface area contributed by atoms with Crippen LogP contribution in [0.3, 0.4) is 0 Å². The Bertz CT molecular complexity index is 736. The van der Waals surface area contributed by atoms with E-state index < -0.39 is 0 Å². The van der Waals surface area contributed by atoms with Crippen LogP contribution in [0.15, 0.2) is 10.6 Å². The molecule has 2 heterocycles. The van der Waals surface area contributed by atoms with E-state index in [1.165, 1.54) is 0 Å². The average Bonchev–Trinajstić information content (AvgIpc) is 2.85. The summed E-state index contributed by atoms with van der Waals surface area (Å²) in [6.45, 7) is 9.97. The Labute approximate surface area is 148 Å². The second-order valence-electron chi connectivity index (χ2n) is 6.30. The molecule has 0 aromatic carbocycles. The first-order chi connectivity index (χ1) is 11.8. The molecule has 2 aromatic heterocycles. The largest absolute Gasteiger partial charge is 0.481 e. The van der Waals surface area contributed by atoms with Gasteiger partial charge < -0.3 is 19.9 Å². The van der Waals surface area contributed by atoms with E-state index in [2.05, 4.69) is 20.8 Å². The number of carbonyl (C=O) groups excluding carboxylic acids is 1. The van der Waals surface area contributed by atoms with Crippen LogP contribution in [0, 0.1) is 27.7 Å². The highest BCUT2D eigenvalue weighted by atomic mass is 16.5. The molecular formula is C18H26N4O3. The molecule has 25 heavy (non-hydrogen) atoms. The number of aryl methyl sites for hydroxylation is 4. The SMILES string of the molecule is COc1nc(C)cc(C)c1CNC(=O)N[C@@H](C)Cc1c(C)noc1C. The van der Waals surface area contributed by atoms with Crippen molar-refractivity contribution < 1.29 is 14.1 Å². The maximum atomic E-state index is 12.2. The van der Waals surface area contributed by atoms with Crippen LogP contribution >= 0.6 is 0 Å². The molecule has 0 radical (unpaired) electrons. The van der Waals surface area contributed by atoms with Crippen molar-refractivity contribution in [1.29, 1.82) is 0 Å². The quantitative estimate of drug-likeness (QED) is 0.839. The van der Waals surface area contributed by atoms with Gasteiger partial charge in [-0.25, -0.2) is 9.78 Å². The van der Waals surface area contributed by atoms with Crippen LogP contribution in [-0.4, -0.2) is 29.3 Å². The van der Waals surface area contributed by atoms with Gasteiger partial charge in [-0.3, -0.25) is 0 Å². The second-order valence-corrected chi connectivity index (χ2v) is 6.30. The number of methoxy groups -OCH3 is 1. The third kappa shape index (κ3) is 4.71. The number of hydrogen-bond donors (Lipinski definition) is 2. The molecule has 2 amide bonds. The van der Waals surface area contributed by atoms with Gasteiger partial charge in [0, 0.05) is 22.9 Å². The maximum absolute atomic E-state index is 12.2. The summed E-state index contributed by atoms with van der Waals surface area (Å²) in [5, 5.41) is 9.73. The van der Waals surface area contributed by atoms with Crippen molar-refractivity contribution in [1.82, 2.24) is 20.8 Å². The number of nitrogens with zero attached hydrogens (tertiary/aromatic N) is 2. The minimum atomic E-state index is -0.235. The Morgan fingerprint density at radius 3 is 2.60 bits per heavy atom. The first-order valence-corrected chi connectivity index (χ1v) is 8.29. The lowest BCUT2D eigenvalue weighted by atomic mass is 10.1. The zero-order valence-corrected chi connectivity index (χ0v) is 15.7. The van der Waals surface area contributed by atoms with Gasteiger partial charge in [0.1, 0.15) is 5.76 Å². The van der Waals surface area contributed by atoms with Crippen molar-refractivity contribution in [3.63, 3.8) is 0 Å². The van der Waals surface area contributed by atoms with Gasteiger partial charge in [-0.1, -0.05) is 5.16 Å². The molecule has 0 aliphatic heterocycles. The number of nitrogens with one attached hydrogen (secondary N) is 2. The molecule has 0 unspecified atom stereocenters. The third-order valence-corrected chi connectivity index (χ3v) is 4.13. The smallest absolute Gasteiger partial charge is 0.315 e. The Balaban J connectivity index is 1.93. The molecule has 0 aliphatic carbocycles. The lowest BCUT2D eigenvalue weighted by molar-refractivity contribution is 0.237. The number of aromatic nitrogens is 2. The fourth-order valence-corrected chi connectivity index (χ4v) is 2.81. The first-order valence-electron chi connectivity index (χ1n) is 8.29. The highest BCUT2D eigenvalue weighted by Gasteiger charge is 2.15. The van der Waals surface area contributed by atoms with E-state index in [1.54, 1.807) is 7.11 Å². The lowest BCUT2D eigenvalue weighted by Gasteiger charge is -2.16. The molecule has 0 saturated carbocycles. The van der Waals surface area contributed by atoms with Gasteiger partial charge in [-0.05, 0) is 52.7 Å². The van der Waals surface area contributed by atoms with Crippen LogP contribution in [-0.2, 0) is 13.0 Å². The molecule has 0 bridgehead atoms. The minimum absolute atomic E-state index is 0.0454. The Morgan fingerprint density at radius 1 is 1.28 bits per heavy atom. The predicted molar refractivity (Wildman–Crippen MR) is 94.8 cm³/mol. The summed E-state index contributed by atoms with van der Waals surface area (Å²) in [5.74, 6) is 1.33. The molecule has 2 aromatic rings. The highest BCUT2D eigenvalue weighted by Crippen LogP contribution is 2.20. The van der Waals surface area contributed by atoms with Crippen LogP contribution in [0.25, 0.3) is 0 Å². The lowest BCUT2D eigenvalue weighted by Crippen LogP contribution is -2.41. The molecule has 7 nitrogen and oxygen atoms in total. The number of amides is 2. The first kappa shape index (κ1) is 18.8. The number of pyridine rings is 1. The van der Waals surface area contributed by atoms with Crippen molar-refractivity contribution in [2.45, 2.75) is 53.6 Å².